The van der Waals surface area contributed by atoms with Crippen LogP contribution in [0.5, 0.6) is 0 Å². The van der Waals surface area contributed by atoms with E-state index < -0.39 is 0 Å². The summed E-state index contributed by atoms with van der Waals surface area (Å²) in [7, 11) is 0. The summed E-state index contributed by atoms with van der Waals surface area (Å²) in [6.07, 6.45) is 4.58. The summed E-state index contributed by atoms with van der Waals surface area (Å²) in [4.78, 5) is 0. The molecule has 0 bridgehead atoms. The minimum Gasteiger partial charge on any atom is -0.381 e. The maximum atomic E-state index is 13.1. The highest BCUT2D eigenvalue weighted by molar-refractivity contribution is 5.58. The van der Waals surface area contributed by atoms with E-state index in [1.54, 1.807) is 6.07 Å². The number of hydrogen-bond acceptors (Lipinski definition) is 3. The van der Waals surface area contributed by atoms with Gasteiger partial charge in [0.2, 0.25) is 0 Å². The van der Waals surface area contributed by atoms with Crippen molar-refractivity contribution in [1.82, 2.24) is 0 Å². The molecule has 0 amide bonds. The monoisotopic (exact) mass is 247 g/mol. The molecule has 0 heterocycles. The molecule has 3 N–H and O–H groups in total. The van der Waals surface area contributed by atoms with Crippen LogP contribution in [0, 0.1) is 23.1 Å². The highest BCUT2D eigenvalue weighted by atomic mass is 19.1. The molecule has 2 unspecified atom stereocenters. The van der Waals surface area contributed by atoms with Crippen molar-refractivity contribution in [3.63, 3.8) is 0 Å². The van der Waals surface area contributed by atoms with Gasteiger partial charge in [-0.2, -0.15) is 5.26 Å². The summed E-state index contributed by atoms with van der Waals surface area (Å²) in [5.74, 6) is 0.0615. The molecule has 4 heteroatoms. The second-order valence-corrected chi connectivity index (χ2v) is 4.83. The Kier molecular flexibility index (Phi) is 4.16. The van der Waals surface area contributed by atoms with Gasteiger partial charge in [0.25, 0.3) is 0 Å². The third-order valence-corrected chi connectivity index (χ3v) is 3.65. The third kappa shape index (κ3) is 2.80. The number of anilines is 1. The lowest BCUT2D eigenvalue weighted by Crippen LogP contribution is -2.36. The number of nitriles is 1. The van der Waals surface area contributed by atoms with Gasteiger partial charge in [-0.05, 0) is 43.5 Å². The number of nitrogens with one attached hydrogen (secondary N) is 1. The maximum Gasteiger partial charge on any atom is 0.124 e. The van der Waals surface area contributed by atoms with Crippen molar-refractivity contribution in [2.45, 2.75) is 31.7 Å². The summed E-state index contributed by atoms with van der Waals surface area (Å²) in [5, 5.41) is 12.4. The fraction of sp³-hybridized carbons (Fsp3) is 0.500. The zero-order chi connectivity index (χ0) is 13.0. The van der Waals surface area contributed by atoms with Gasteiger partial charge in [-0.15, -0.1) is 0 Å². The van der Waals surface area contributed by atoms with Gasteiger partial charge in [0, 0.05) is 6.04 Å². The highest BCUT2D eigenvalue weighted by Crippen LogP contribution is 2.28. The number of nitrogens with zero attached hydrogens (tertiary/aromatic N) is 1. The molecule has 1 aliphatic carbocycles. The van der Waals surface area contributed by atoms with E-state index in [1.807, 2.05) is 6.07 Å². The first-order chi connectivity index (χ1) is 8.74. The zero-order valence-electron chi connectivity index (χ0n) is 10.3. The van der Waals surface area contributed by atoms with Gasteiger partial charge < -0.3 is 11.1 Å². The van der Waals surface area contributed by atoms with Crippen LogP contribution in [0.25, 0.3) is 0 Å². The number of halogens is 1. The Balaban J connectivity index is 2.15. The number of hydrogen-bond donors (Lipinski definition) is 2. The summed E-state index contributed by atoms with van der Waals surface area (Å²) >= 11 is 0. The molecule has 1 aliphatic rings. The largest absolute Gasteiger partial charge is 0.381 e. The van der Waals surface area contributed by atoms with Gasteiger partial charge in [-0.25, -0.2) is 4.39 Å². The molecular weight excluding hydrogens is 229 g/mol. The van der Waals surface area contributed by atoms with Crippen LogP contribution in [-0.2, 0) is 0 Å². The summed E-state index contributed by atoms with van der Waals surface area (Å²) < 4.78 is 13.1. The Labute approximate surface area is 107 Å². The van der Waals surface area contributed by atoms with Crippen LogP contribution in [0.15, 0.2) is 18.2 Å². The van der Waals surface area contributed by atoms with Crippen molar-refractivity contribution in [3.05, 3.63) is 29.6 Å². The second kappa shape index (κ2) is 5.83. The van der Waals surface area contributed by atoms with Crippen molar-refractivity contribution in [2.24, 2.45) is 11.7 Å². The van der Waals surface area contributed by atoms with Gasteiger partial charge >= 0.3 is 0 Å². The molecule has 0 aliphatic heterocycles. The van der Waals surface area contributed by atoms with Crippen LogP contribution in [0.3, 0.4) is 0 Å². The Hall–Kier alpha value is -1.60. The molecule has 2 atom stereocenters. The lowest BCUT2D eigenvalue weighted by molar-refractivity contribution is 0.332. The minimum atomic E-state index is -0.379. The van der Waals surface area contributed by atoms with Crippen molar-refractivity contribution in [2.75, 3.05) is 11.9 Å². The average molecular weight is 247 g/mol. The normalized spacial score (nSPS) is 23.4. The number of rotatable bonds is 3. The predicted octanol–water partition coefficient (Wildman–Crippen LogP) is 2.63. The molecule has 96 valence electrons. The van der Waals surface area contributed by atoms with Crippen LogP contribution in [0.2, 0.25) is 0 Å². The van der Waals surface area contributed by atoms with E-state index in [1.165, 1.54) is 25.0 Å². The van der Waals surface area contributed by atoms with Crippen LogP contribution in [0.4, 0.5) is 10.1 Å². The zero-order valence-corrected chi connectivity index (χ0v) is 10.3. The molecule has 0 aromatic heterocycles. The molecule has 1 aromatic carbocycles. The van der Waals surface area contributed by atoms with Gasteiger partial charge in [0.05, 0.1) is 11.3 Å². The van der Waals surface area contributed by atoms with Crippen LogP contribution in [-0.4, -0.2) is 12.6 Å². The van der Waals surface area contributed by atoms with Crippen molar-refractivity contribution in [3.8, 4) is 6.07 Å². The fourth-order valence-corrected chi connectivity index (χ4v) is 2.61. The molecule has 18 heavy (non-hydrogen) atoms. The first-order valence-electron chi connectivity index (χ1n) is 6.41. The predicted molar refractivity (Wildman–Crippen MR) is 69.5 cm³/mol. The van der Waals surface area contributed by atoms with Crippen LogP contribution < -0.4 is 11.1 Å². The second-order valence-electron chi connectivity index (χ2n) is 4.83. The molecule has 0 saturated heterocycles. The Morgan fingerprint density at radius 2 is 2.17 bits per heavy atom. The van der Waals surface area contributed by atoms with E-state index in [0.717, 1.165) is 12.8 Å². The van der Waals surface area contributed by atoms with E-state index in [2.05, 4.69) is 5.32 Å². The molecule has 0 spiro atoms. The molecule has 1 aromatic rings. The van der Waals surface area contributed by atoms with Gasteiger partial charge in [0.15, 0.2) is 0 Å². The molecule has 3 nitrogen and oxygen atoms in total. The Bertz CT molecular complexity index is 453. The molecule has 0 radical (unpaired) electrons. The van der Waals surface area contributed by atoms with E-state index in [9.17, 15) is 4.39 Å². The van der Waals surface area contributed by atoms with Crippen LogP contribution >= 0.6 is 0 Å². The summed E-state index contributed by atoms with van der Waals surface area (Å²) in [6.45, 7) is 0.654. The SMILES string of the molecule is N#Cc1cc(F)ccc1NC1CCCCC1CN. The van der Waals surface area contributed by atoms with Crippen molar-refractivity contribution < 1.29 is 4.39 Å². The van der Waals surface area contributed by atoms with E-state index in [4.69, 9.17) is 11.0 Å². The van der Waals surface area contributed by atoms with Crippen LogP contribution in [0.1, 0.15) is 31.2 Å². The summed E-state index contributed by atoms with van der Waals surface area (Å²) in [5.41, 5.74) is 6.85. The lowest BCUT2D eigenvalue weighted by atomic mass is 9.84. The highest BCUT2D eigenvalue weighted by Gasteiger charge is 2.24. The first-order valence-corrected chi connectivity index (χ1v) is 6.41. The topological polar surface area (TPSA) is 61.8 Å². The quantitative estimate of drug-likeness (QED) is 0.863. The average Bonchev–Trinajstić information content (AvgIpc) is 2.41. The molecular formula is C14H18FN3. The van der Waals surface area contributed by atoms with Crippen molar-refractivity contribution in [1.29, 1.82) is 5.26 Å². The standard InChI is InChI=1S/C14H18FN3/c15-12-5-6-14(11(7-12)9-17)18-13-4-2-1-3-10(13)8-16/h5-7,10,13,18H,1-4,8,16H2. The molecule has 1 fully saturated rings. The number of benzene rings is 1. The van der Waals surface area contributed by atoms with E-state index in [-0.39, 0.29) is 5.82 Å². The van der Waals surface area contributed by atoms with Crippen molar-refractivity contribution >= 4 is 5.69 Å². The minimum absolute atomic E-state index is 0.293. The van der Waals surface area contributed by atoms with Gasteiger partial charge in [-0.3, -0.25) is 0 Å². The molecule has 2 rings (SSSR count). The lowest BCUT2D eigenvalue weighted by Gasteiger charge is -2.32. The van der Waals surface area contributed by atoms with Gasteiger partial charge in [0.1, 0.15) is 11.9 Å². The molecule has 1 saturated carbocycles. The fourth-order valence-electron chi connectivity index (χ4n) is 2.61. The third-order valence-electron chi connectivity index (χ3n) is 3.65. The Morgan fingerprint density at radius 1 is 1.39 bits per heavy atom. The number of nitrogens with two attached hydrogens (primary N) is 1. The Morgan fingerprint density at radius 3 is 2.89 bits per heavy atom. The first kappa shape index (κ1) is 12.8. The van der Waals surface area contributed by atoms with E-state index >= 15 is 0 Å². The van der Waals surface area contributed by atoms with E-state index in [0.29, 0.717) is 29.8 Å². The summed E-state index contributed by atoms with van der Waals surface area (Å²) in [6, 6.07) is 6.60. The van der Waals surface area contributed by atoms with Gasteiger partial charge in [-0.1, -0.05) is 12.8 Å². The maximum absolute atomic E-state index is 13.1. The smallest absolute Gasteiger partial charge is 0.124 e.